The highest BCUT2D eigenvalue weighted by atomic mass is 16.5. The van der Waals surface area contributed by atoms with Gasteiger partial charge < -0.3 is 10.1 Å². The van der Waals surface area contributed by atoms with Crippen LogP contribution in [0.4, 0.5) is 0 Å². The van der Waals surface area contributed by atoms with Gasteiger partial charge >= 0.3 is 5.97 Å². The minimum absolute atomic E-state index is 0.242. The Bertz CT molecular complexity index is 346. The van der Waals surface area contributed by atoms with Gasteiger partial charge in [0.15, 0.2) is 0 Å². The van der Waals surface area contributed by atoms with Crippen molar-refractivity contribution in [3.05, 3.63) is 35.4 Å². The summed E-state index contributed by atoms with van der Waals surface area (Å²) in [7, 11) is 0. The molecule has 1 aromatic rings. The molecule has 3 nitrogen and oxygen atoms in total. The Kier molecular flexibility index (Phi) is 7.11. The molecule has 1 N–H and O–H groups in total. The molecule has 0 atom stereocenters. The van der Waals surface area contributed by atoms with Crippen LogP contribution >= 0.6 is 0 Å². The van der Waals surface area contributed by atoms with Crippen LogP contribution in [-0.4, -0.2) is 25.7 Å². The molecule has 100 valence electrons. The Morgan fingerprint density at radius 1 is 1.17 bits per heavy atom. The van der Waals surface area contributed by atoms with Gasteiger partial charge in [0.05, 0.1) is 12.2 Å². The number of hydrogen-bond donors (Lipinski definition) is 1. The van der Waals surface area contributed by atoms with Gasteiger partial charge in [0.1, 0.15) is 0 Å². The summed E-state index contributed by atoms with van der Waals surface area (Å²) in [6.45, 7) is 6.54. The van der Waals surface area contributed by atoms with E-state index in [1.807, 2.05) is 31.2 Å². The van der Waals surface area contributed by atoms with Crippen molar-refractivity contribution < 1.29 is 9.53 Å². The topological polar surface area (TPSA) is 38.3 Å². The largest absolute Gasteiger partial charge is 0.462 e. The van der Waals surface area contributed by atoms with E-state index in [1.165, 1.54) is 12.0 Å². The molecule has 0 saturated heterocycles. The molecule has 1 rings (SSSR count). The van der Waals surface area contributed by atoms with Crippen LogP contribution in [0.5, 0.6) is 0 Å². The summed E-state index contributed by atoms with van der Waals surface area (Å²) in [5.74, 6) is -0.242. The van der Waals surface area contributed by atoms with Crippen LogP contribution in [0.3, 0.4) is 0 Å². The molecule has 0 aliphatic heterocycles. The lowest BCUT2D eigenvalue weighted by atomic mass is 10.1. The summed E-state index contributed by atoms with van der Waals surface area (Å²) in [6, 6.07) is 7.69. The van der Waals surface area contributed by atoms with Crippen molar-refractivity contribution in [1.82, 2.24) is 5.32 Å². The van der Waals surface area contributed by atoms with Gasteiger partial charge in [-0.3, -0.25) is 0 Å². The van der Waals surface area contributed by atoms with Crippen LogP contribution in [0.25, 0.3) is 0 Å². The average Bonchev–Trinajstić information content (AvgIpc) is 2.39. The van der Waals surface area contributed by atoms with Crippen molar-refractivity contribution in [3.8, 4) is 0 Å². The van der Waals surface area contributed by atoms with E-state index in [4.69, 9.17) is 4.74 Å². The van der Waals surface area contributed by atoms with Crippen molar-refractivity contribution in [3.63, 3.8) is 0 Å². The summed E-state index contributed by atoms with van der Waals surface area (Å²) in [6.07, 6.45) is 3.34. The first kappa shape index (κ1) is 14.7. The van der Waals surface area contributed by atoms with E-state index in [-0.39, 0.29) is 5.97 Å². The standard InChI is InChI=1S/C15H23NO2/c1-3-11-16-12-5-6-13-7-9-14(10-8-13)15(17)18-4-2/h7-10,16H,3-6,11-12H2,1-2H3. The van der Waals surface area contributed by atoms with Crippen LogP contribution in [0.2, 0.25) is 0 Å². The maximum atomic E-state index is 11.5. The summed E-state index contributed by atoms with van der Waals surface area (Å²) >= 11 is 0. The fourth-order valence-corrected chi connectivity index (χ4v) is 1.74. The minimum Gasteiger partial charge on any atom is -0.462 e. The summed E-state index contributed by atoms with van der Waals surface area (Å²) in [5.41, 5.74) is 1.89. The molecule has 0 heterocycles. The van der Waals surface area contributed by atoms with E-state index in [0.717, 1.165) is 25.9 Å². The molecule has 0 saturated carbocycles. The molecule has 0 bridgehead atoms. The average molecular weight is 249 g/mol. The molecule has 0 aliphatic carbocycles. The maximum absolute atomic E-state index is 11.5. The van der Waals surface area contributed by atoms with Gasteiger partial charge in [0, 0.05) is 0 Å². The lowest BCUT2D eigenvalue weighted by molar-refractivity contribution is 0.0526. The van der Waals surface area contributed by atoms with Gasteiger partial charge in [-0.25, -0.2) is 4.79 Å². The fraction of sp³-hybridized carbons (Fsp3) is 0.533. The first-order chi connectivity index (χ1) is 8.77. The number of aryl methyl sites for hydroxylation is 1. The molecule has 0 aliphatic rings. The van der Waals surface area contributed by atoms with E-state index in [9.17, 15) is 4.79 Å². The Balaban J connectivity index is 2.33. The van der Waals surface area contributed by atoms with Gasteiger partial charge in [-0.1, -0.05) is 19.1 Å². The summed E-state index contributed by atoms with van der Waals surface area (Å²) < 4.78 is 4.94. The molecule has 0 radical (unpaired) electrons. The van der Waals surface area contributed by atoms with Crippen molar-refractivity contribution in [2.75, 3.05) is 19.7 Å². The van der Waals surface area contributed by atoms with E-state index >= 15 is 0 Å². The molecule has 18 heavy (non-hydrogen) atoms. The first-order valence-electron chi connectivity index (χ1n) is 6.74. The third-order valence-electron chi connectivity index (χ3n) is 2.71. The normalized spacial score (nSPS) is 10.3. The number of esters is 1. The number of ether oxygens (including phenoxy) is 1. The predicted molar refractivity (Wildman–Crippen MR) is 73.9 cm³/mol. The van der Waals surface area contributed by atoms with Gasteiger partial charge in [-0.05, 0) is 57.0 Å². The zero-order chi connectivity index (χ0) is 13.2. The van der Waals surface area contributed by atoms with Gasteiger partial charge in [0.25, 0.3) is 0 Å². The second-order valence-electron chi connectivity index (χ2n) is 4.27. The third-order valence-corrected chi connectivity index (χ3v) is 2.71. The van der Waals surface area contributed by atoms with Crippen molar-refractivity contribution >= 4 is 5.97 Å². The fourth-order valence-electron chi connectivity index (χ4n) is 1.74. The molecule has 0 fully saturated rings. The molecular weight excluding hydrogens is 226 g/mol. The number of carbonyl (C=O) groups excluding carboxylic acids is 1. The lowest BCUT2D eigenvalue weighted by Gasteiger charge is -2.05. The minimum atomic E-state index is -0.242. The Labute approximate surface area is 110 Å². The number of hydrogen-bond acceptors (Lipinski definition) is 3. The van der Waals surface area contributed by atoms with Gasteiger partial charge in [0.2, 0.25) is 0 Å². The highest BCUT2D eigenvalue weighted by Crippen LogP contribution is 2.07. The van der Waals surface area contributed by atoms with Crippen LogP contribution in [0.1, 0.15) is 42.6 Å². The molecule has 1 aromatic carbocycles. The second kappa shape index (κ2) is 8.70. The highest BCUT2D eigenvalue weighted by molar-refractivity contribution is 5.89. The van der Waals surface area contributed by atoms with Crippen LogP contribution in [0, 0.1) is 0 Å². The number of carbonyl (C=O) groups is 1. The van der Waals surface area contributed by atoms with Crippen molar-refractivity contribution in [2.45, 2.75) is 33.1 Å². The second-order valence-corrected chi connectivity index (χ2v) is 4.27. The molecular formula is C15H23NO2. The number of rotatable bonds is 8. The van der Waals surface area contributed by atoms with Crippen molar-refractivity contribution in [2.24, 2.45) is 0 Å². The van der Waals surface area contributed by atoms with E-state index in [0.29, 0.717) is 12.2 Å². The van der Waals surface area contributed by atoms with Gasteiger partial charge in [-0.15, -0.1) is 0 Å². The third kappa shape index (κ3) is 5.32. The van der Waals surface area contributed by atoms with Crippen LogP contribution in [0.15, 0.2) is 24.3 Å². The maximum Gasteiger partial charge on any atom is 0.338 e. The molecule has 0 unspecified atom stereocenters. The molecule has 0 amide bonds. The van der Waals surface area contributed by atoms with E-state index in [1.54, 1.807) is 0 Å². The summed E-state index contributed by atoms with van der Waals surface area (Å²) in [4.78, 5) is 11.5. The SMILES string of the molecule is CCCNCCCc1ccc(C(=O)OCC)cc1. The molecule has 0 spiro atoms. The molecule has 3 heteroatoms. The zero-order valence-corrected chi connectivity index (χ0v) is 11.4. The smallest absolute Gasteiger partial charge is 0.338 e. The van der Waals surface area contributed by atoms with Crippen molar-refractivity contribution in [1.29, 1.82) is 0 Å². The Hall–Kier alpha value is -1.35. The van der Waals surface area contributed by atoms with E-state index in [2.05, 4.69) is 12.2 Å². The Morgan fingerprint density at radius 2 is 1.89 bits per heavy atom. The predicted octanol–water partition coefficient (Wildman–Crippen LogP) is 2.80. The monoisotopic (exact) mass is 249 g/mol. The number of nitrogens with one attached hydrogen (secondary N) is 1. The molecule has 0 aromatic heterocycles. The highest BCUT2D eigenvalue weighted by Gasteiger charge is 2.05. The summed E-state index contributed by atoms with van der Waals surface area (Å²) in [5, 5.41) is 3.38. The van der Waals surface area contributed by atoms with Crippen LogP contribution in [-0.2, 0) is 11.2 Å². The number of benzene rings is 1. The Morgan fingerprint density at radius 3 is 2.50 bits per heavy atom. The van der Waals surface area contributed by atoms with Crippen LogP contribution < -0.4 is 5.32 Å². The van der Waals surface area contributed by atoms with Gasteiger partial charge in [-0.2, -0.15) is 0 Å². The zero-order valence-electron chi connectivity index (χ0n) is 11.4. The lowest BCUT2D eigenvalue weighted by Crippen LogP contribution is -2.16. The quantitative estimate of drug-likeness (QED) is 0.568. The first-order valence-corrected chi connectivity index (χ1v) is 6.74. The van der Waals surface area contributed by atoms with E-state index < -0.39 is 0 Å².